The Bertz CT molecular complexity index is 701. The number of nitrogens with one attached hydrogen (secondary N) is 2. The fourth-order valence-electron chi connectivity index (χ4n) is 2.39. The third-order valence-corrected chi connectivity index (χ3v) is 5.20. The Morgan fingerprint density at radius 3 is 2.29 bits per heavy atom. The quantitative estimate of drug-likeness (QED) is 0.574. The van der Waals surface area contributed by atoms with Crippen LogP contribution < -0.4 is 10.6 Å². The predicted octanol–water partition coefficient (Wildman–Crippen LogP) is 6.55. The number of thiocarbonyl (C=S) groups is 1. The van der Waals surface area contributed by atoms with E-state index in [0.717, 1.165) is 6.42 Å². The molecule has 2 N–H and O–H groups in total. The molecule has 0 fully saturated rings. The van der Waals surface area contributed by atoms with Crippen LogP contribution in [0.1, 0.15) is 50.3 Å². The first kappa shape index (κ1) is 19.0. The summed E-state index contributed by atoms with van der Waals surface area (Å²) >= 11 is 17.6. The third-order valence-electron chi connectivity index (χ3n) is 4.17. The maximum absolute atomic E-state index is 6.17. The van der Waals surface area contributed by atoms with Crippen LogP contribution in [0.5, 0.6) is 0 Å². The van der Waals surface area contributed by atoms with Gasteiger partial charge in [-0.15, -0.1) is 0 Å². The molecule has 0 bridgehead atoms. The maximum atomic E-state index is 6.17. The van der Waals surface area contributed by atoms with Crippen molar-refractivity contribution in [2.75, 3.05) is 5.32 Å². The minimum absolute atomic E-state index is 0.0916. The second-order valence-corrected chi connectivity index (χ2v) is 7.09. The summed E-state index contributed by atoms with van der Waals surface area (Å²) < 4.78 is 0. The molecule has 0 aliphatic carbocycles. The van der Waals surface area contributed by atoms with Crippen LogP contribution in [0.15, 0.2) is 42.5 Å². The fourth-order valence-corrected chi connectivity index (χ4v) is 3.02. The summed E-state index contributed by atoms with van der Waals surface area (Å²) in [7, 11) is 0. The number of hydrogen-bond donors (Lipinski definition) is 2. The highest BCUT2D eigenvalue weighted by atomic mass is 35.5. The van der Waals surface area contributed by atoms with E-state index in [1.807, 2.05) is 12.1 Å². The van der Waals surface area contributed by atoms with Gasteiger partial charge in [0.1, 0.15) is 0 Å². The van der Waals surface area contributed by atoms with Crippen molar-refractivity contribution in [3.63, 3.8) is 0 Å². The van der Waals surface area contributed by atoms with Crippen LogP contribution in [0.25, 0.3) is 0 Å². The highest BCUT2D eigenvalue weighted by Crippen LogP contribution is 2.29. The Hall–Kier alpha value is -1.29. The Morgan fingerprint density at radius 1 is 1.04 bits per heavy atom. The largest absolute Gasteiger partial charge is 0.356 e. The lowest BCUT2D eigenvalue weighted by Gasteiger charge is -2.19. The van der Waals surface area contributed by atoms with E-state index < -0.39 is 0 Å². The smallest absolute Gasteiger partial charge is 0.171 e. The van der Waals surface area contributed by atoms with E-state index in [-0.39, 0.29) is 6.04 Å². The molecular weight excluding hydrogens is 359 g/mol. The van der Waals surface area contributed by atoms with E-state index in [0.29, 0.717) is 26.8 Å². The summed E-state index contributed by atoms with van der Waals surface area (Å²) in [5, 5.41) is 7.84. The molecular formula is C19H22Cl2N2S. The number of hydrogen-bond acceptors (Lipinski definition) is 1. The second-order valence-electron chi connectivity index (χ2n) is 5.90. The Kier molecular flexibility index (Phi) is 6.90. The highest BCUT2D eigenvalue weighted by molar-refractivity contribution is 7.80. The van der Waals surface area contributed by atoms with Crippen LogP contribution in [-0.4, -0.2) is 5.11 Å². The fraction of sp³-hybridized carbons (Fsp3) is 0.316. The molecule has 5 heteroatoms. The van der Waals surface area contributed by atoms with Gasteiger partial charge in [-0.1, -0.05) is 67.4 Å². The average Bonchev–Trinajstić information content (AvgIpc) is 2.58. The van der Waals surface area contributed by atoms with Gasteiger partial charge in [-0.05, 0) is 54.7 Å². The van der Waals surface area contributed by atoms with Crippen molar-refractivity contribution in [3.8, 4) is 0 Å². The van der Waals surface area contributed by atoms with Gasteiger partial charge in [0.2, 0.25) is 0 Å². The predicted molar refractivity (Wildman–Crippen MR) is 109 cm³/mol. The van der Waals surface area contributed by atoms with Gasteiger partial charge in [-0.3, -0.25) is 0 Å². The van der Waals surface area contributed by atoms with E-state index >= 15 is 0 Å². The van der Waals surface area contributed by atoms with Gasteiger partial charge in [-0.25, -0.2) is 0 Å². The van der Waals surface area contributed by atoms with E-state index in [2.05, 4.69) is 55.7 Å². The average molecular weight is 381 g/mol. The van der Waals surface area contributed by atoms with Crippen LogP contribution in [0.4, 0.5) is 5.69 Å². The third kappa shape index (κ3) is 4.85. The summed E-state index contributed by atoms with van der Waals surface area (Å²) in [4.78, 5) is 0. The minimum atomic E-state index is 0.0916. The van der Waals surface area contributed by atoms with Crippen molar-refractivity contribution in [1.82, 2.24) is 5.32 Å². The molecule has 0 radical (unpaired) electrons. The molecule has 0 saturated heterocycles. The van der Waals surface area contributed by atoms with Crippen molar-refractivity contribution in [2.24, 2.45) is 0 Å². The molecule has 0 aromatic heterocycles. The lowest BCUT2D eigenvalue weighted by atomic mass is 9.96. The van der Waals surface area contributed by atoms with E-state index in [1.54, 1.807) is 6.07 Å². The minimum Gasteiger partial charge on any atom is -0.356 e. The monoisotopic (exact) mass is 380 g/mol. The molecule has 0 aliphatic rings. The van der Waals surface area contributed by atoms with Crippen molar-refractivity contribution in [2.45, 2.75) is 39.2 Å². The molecule has 2 aromatic carbocycles. The Labute approximate surface area is 159 Å². The first-order chi connectivity index (χ1) is 11.4. The zero-order chi connectivity index (χ0) is 17.7. The molecule has 2 aromatic rings. The van der Waals surface area contributed by atoms with Gasteiger partial charge < -0.3 is 10.6 Å². The molecule has 24 heavy (non-hydrogen) atoms. The number of rotatable bonds is 5. The Morgan fingerprint density at radius 2 is 1.67 bits per heavy atom. The number of halogens is 2. The van der Waals surface area contributed by atoms with Gasteiger partial charge in [-0.2, -0.15) is 0 Å². The van der Waals surface area contributed by atoms with Gasteiger partial charge in [0.25, 0.3) is 0 Å². The second kappa shape index (κ2) is 8.70. The SMILES string of the molecule is CCC(C)c1ccc(C(C)NC(=S)Nc2cccc(Cl)c2Cl)cc1. The normalized spacial score (nSPS) is 13.2. The molecule has 0 amide bonds. The van der Waals surface area contributed by atoms with E-state index in [1.165, 1.54) is 11.1 Å². The lowest BCUT2D eigenvalue weighted by molar-refractivity contribution is 0.713. The lowest BCUT2D eigenvalue weighted by Crippen LogP contribution is -2.31. The molecule has 2 nitrogen and oxygen atoms in total. The first-order valence-electron chi connectivity index (χ1n) is 8.03. The highest BCUT2D eigenvalue weighted by Gasteiger charge is 2.10. The summed E-state index contributed by atoms with van der Waals surface area (Å²) in [5.74, 6) is 0.579. The summed E-state index contributed by atoms with van der Waals surface area (Å²) in [6.07, 6.45) is 1.14. The summed E-state index contributed by atoms with van der Waals surface area (Å²) in [5.41, 5.74) is 3.24. The number of anilines is 1. The molecule has 2 unspecified atom stereocenters. The Balaban J connectivity index is 1.99. The van der Waals surface area contributed by atoms with Crippen molar-refractivity contribution in [3.05, 3.63) is 63.6 Å². The van der Waals surface area contributed by atoms with Crippen LogP contribution in [0.2, 0.25) is 10.0 Å². The zero-order valence-electron chi connectivity index (χ0n) is 14.1. The summed E-state index contributed by atoms with van der Waals surface area (Å²) in [6.45, 7) is 6.52. The van der Waals surface area contributed by atoms with Gasteiger partial charge in [0.05, 0.1) is 21.8 Å². The number of benzene rings is 2. The van der Waals surface area contributed by atoms with Crippen LogP contribution in [-0.2, 0) is 0 Å². The van der Waals surface area contributed by atoms with E-state index in [9.17, 15) is 0 Å². The summed E-state index contributed by atoms with van der Waals surface area (Å²) in [6, 6.07) is 14.2. The van der Waals surface area contributed by atoms with Crippen LogP contribution >= 0.6 is 35.4 Å². The topological polar surface area (TPSA) is 24.1 Å². The molecule has 2 rings (SSSR count). The standard InChI is InChI=1S/C19H22Cl2N2S/c1-4-12(2)14-8-10-15(11-9-14)13(3)22-19(24)23-17-7-5-6-16(20)18(17)21/h5-13H,4H2,1-3H3,(H2,22,23,24). The van der Waals surface area contributed by atoms with Crippen molar-refractivity contribution >= 4 is 46.2 Å². The van der Waals surface area contributed by atoms with Crippen LogP contribution in [0.3, 0.4) is 0 Å². The van der Waals surface area contributed by atoms with Crippen molar-refractivity contribution < 1.29 is 0 Å². The molecule has 0 saturated carbocycles. The first-order valence-corrected chi connectivity index (χ1v) is 9.20. The van der Waals surface area contributed by atoms with Gasteiger partial charge in [0, 0.05) is 0 Å². The molecule has 2 atom stereocenters. The zero-order valence-corrected chi connectivity index (χ0v) is 16.4. The maximum Gasteiger partial charge on any atom is 0.171 e. The van der Waals surface area contributed by atoms with Crippen molar-refractivity contribution in [1.29, 1.82) is 0 Å². The van der Waals surface area contributed by atoms with Crippen LogP contribution in [0, 0.1) is 0 Å². The van der Waals surface area contributed by atoms with Gasteiger partial charge >= 0.3 is 0 Å². The molecule has 0 heterocycles. The molecule has 0 spiro atoms. The molecule has 0 aliphatic heterocycles. The van der Waals surface area contributed by atoms with E-state index in [4.69, 9.17) is 35.4 Å². The molecule has 128 valence electrons. The van der Waals surface area contributed by atoms with Gasteiger partial charge in [0.15, 0.2) is 5.11 Å².